The van der Waals surface area contributed by atoms with Gasteiger partial charge < -0.3 is 9.88 Å². The van der Waals surface area contributed by atoms with Crippen molar-refractivity contribution in [2.24, 2.45) is 0 Å². The molecular formula is C23H17N2OP. The van der Waals surface area contributed by atoms with Gasteiger partial charge in [0.1, 0.15) is 0 Å². The number of benzene rings is 3. The van der Waals surface area contributed by atoms with E-state index in [1.54, 1.807) is 0 Å². The van der Waals surface area contributed by atoms with Crippen molar-refractivity contribution in [3.05, 3.63) is 85.1 Å². The van der Waals surface area contributed by atoms with Gasteiger partial charge in [-0.05, 0) is 52.2 Å². The van der Waals surface area contributed by atoms with Crippen LogP contribution in [0.15, 0.2) is 85.1 Å². The van der Waals surface area contributed by atoms with E-state index in [4.69, 9.17) is 4.98 Å². The van der Waals surface area contributed by atoms with Crippen molar-refractivity contribution in [3.8, 4) is 22.4 Å². The van der Waals surface area contributed by atoms with Crippen LogP contribution in [-0.4, -0.2) is 14.9 Å². The van der Waals surface area contributed by atoms with E-state index in [9.17, 15) is 4.89 Å². The molecule has 0 bridgehead atoms. The summed E-state index contributed by atoms with van der Waals surface area (Å²) in [4.78, 5) is 17.6. The highest BCUT2D eigenvalue weighted by atomic mass is 31.1. The number of hydrogen-bond donors (Lipinski definition) is 2. The second-order valence-electron chi connectivity index (χ2n) is 6.51. The van der Waals surface area contributed by atoms with Crippen molar-refractivity contribution in [1.29, 1.82) is 0 Å². The molecule has 3 aromatic carbocycles. The Kier molecular flexibility index (Phi) is 3.97. The molecule has 1 atom stereocenters. The van der Waals surface area contributed by atoms with Gasteiger partial charge in [-0.1, -0.05) is 48.5 Å². The molecule has 0 aliphatic carbocycles. The summed E-state index contributed by atoms with van der Waals surface area (Å²) < 4.78 is 0. The molecule has 0 saturated heterocycles. The molecule has 5 aromatic rings. The summed E-state index contributed by atoms with van der Waals surface area (Å²) in [5.74, 6) is 0. The molecule has 3 nitrogen and oxygen atoms in total. The first-order valence-electron chi connectivity index (χ1n) is 8.80. The Balaban J connectivity index is 1.88. The maximum Gasteiger partial charge on any atom is 0.0880 e. The summed E-state index contributed by atoms with van der Waals surface area (Å²) in [5.41, 5.74) is 6.05. The normalized spacial score (nSPS) is 11.7. The van der Waals surface area contributed by atoms with E-state index in [-0.39, 0.29) is 8.81 Å². The zero-order valence-electron chi connectivity index (χ0n) is 14.5. The number of hydrogen-bond acceptors (Lipinski definition) is 2. The first-order valence-corrected chi connectivity index (χ1v) is 9.75. The van der Waals surface area contributed by atoms with Gasteiger partial charge in [0.05, 0.1) is 19.8 Å². The maximum atomic E-state index is 9.60. The van der Waals surface area contributed by atoms with Crippen molar-refractivity contribution in [2.45, 2.75) is 0 Å². The fourth-order valence-corrected chi connectivity index (χ4v) is 3.95. The fraction of sp³-hybridized carbons (Fsp3) is 0. The Bertz CT molecular complexity index is 1260. The monoisotopic (exact) mass is 368 g/mol. The lowest BCUT2D eigenvalue weighted by atomic mass is 9.94. The molecular weight excluding hydrogens is 351 g/mol. The van der Waals surface area contributed by atoms with Gasteiger partial charge in [-0.25, -0.2) is 4.98 Å². The predicted octanol–water partition coefficient (Wildman–Crippen LogP) is 5.26. The van der Waals surface area contributed by atoms with Crippen molar-refractivity contribution in [1.82, 2.24) is 9.97 Å². The molecule has 0 radical (unpaired) electrons. The van der Waals surface area contributed by atoms with Crippen LogP contribution in [0.5, 0.6) is 0 Å². The second-order valence-corrected chi connectivity index (χ2v) is 7.25. The van der Waals surface area contributed by atoms with Crippen LogP contribution in [0.3, 0.4) is 0 Å². The molecule has 0 fully saturated rings. The number of aromatic nitrogens is 2. The van der Waals surface area contributed by atoms with E-state index >= 15 is 0 Å². The quantitative estimate of drug-likeness (QED) is 0.427. The van der Waals surface area contributed by atoms with Gasteiger partial charge in [0.2, 0.25) is 0 Å². The van der Waals surface area contributed by atoms with E-state index in [1.165, 1.54) is 10.8 Å². The minimum absolute atomic E-state index is 0.314. The van der Waals surface area contributed by atoms with Crippen LogP contribution in [0.25, 0.3) is 44.1 Å². The Morgan fingerprint density at radius 1 is 0.778 bits per heavy atom. The molecule has 1 unspecified atom stereocenters. The lowest BCUT2D eigenvalue weighted by Crippen LogP contribution is -2.01. The topological polar surface area (TPSA) is 48.9 Å². The molecule has 0 amide bonds. The maximum absolute atomic E-state index is 9.60. The van der Waals surface area contributed by atoms with Crippen molar-refractivity contribution >= 4 is 35.9 Å². The molecule has 2 heterocycles. The zero-order chi connectivity index (χ0) is 18.2. The average molecular weight is 368 g/mol. The Labute approximate surface area is 158 Å². The molecule has 27 heavy (non-hydrogen) atoms. The van der Waals surface area contributed by atoms with Crippen LogP contribution in [0.4, 0.5) is 0 Å². The van der Waals surface area contributed by atoms with E-state index < -0.39 is 0 Å². The highest BCUT2D eigenvalue weighted by Gasteiger charge is 2.13. The van der Waals surface area contributed by atoms with Crippen LogP contribution in [0, 0.1) is 0 Å². The van der Waals surface area contributed by atoms with Gasteiger partial charge in [0.25, 0.3) is 0 Å². The van der Waals surface area contributed by atoms with Crippen LogP contribution >= 0.6 is 8.81 Å². The van der Waals surface area contributed by atoms with E-state index in [1.807, 2.05) is 24.4 Å². The van der Waals surface area contributed by atoms with Crippen molar-refractivity contribution in [2.75, 3.05) is 0 Å². The molecule has 4 heteroatoms. The lowest BCUT2D eigenvalue weighted by Gasteiger charge is -2.13. The van der Waals surface area contributed by atoms with Crippen LogP contribution in [-0.2, 0) is 0 Å². The van der Waals surface area contributed by atoms with Gasteiger partial charge in [-0.3, -0.25) is 0 Å². The number of H-pyrrole nitrogens is 1. The largest absolute Gasteiger partial charge is 0.371 e. The zero-order valence-corrected chi connectivity index (χ0v) is 15.5. The average Bonchev–Trinajstić information content (AvgIpc) is 3.27. The number of pyridine rings is 1. The summed E-state index contributed by atoms with van der Waals surface area (Å²) in [7, 11) is -0.314. The van der Waals surface area contributed by atoms with Crippen molar-refractivity contribution in [3.63, 3.8) is 0 Å². The molecule has 5 rings (SSSR count). The molecule has 130 valence electrons. The first kappa shape index (κ1) is 16.2. The Morgan fingerprint density at radius 3 is 2.52 bits per heavy atom. The van der Waals surface area contributed by atoms with Crippen molar-refractivity contribution < 1.29 is 4.89 Å². The molecule has 2 N–H and O–H groups in total. The SMILES string of the molecule is OPc1ccc2cc(-c3ccc[nH]3)cc(-c3cccc4ccccc34)c2n1. The third-order valence-electron chi connectivity index (χ3n) is 4.90. The van der Waals surface area contributed by atoms with Gasteiger partial charge in [-0.2, -0.15) is 0 Å². The highest BCUT2D eigenvalue weighted by Crippen LogP contribution is 2.36. The van der Waals surface area contributed by atoms with Crippen LogP contribution in [0.2, 0.25) is 0 Å². The van der Waals surface area contributed by atoms with Gasteiger partial charge in [0.15, 0.2) is 0 Å². The number of nitrogens with one attached hydrogen (secondary N) is 1. The summed E-state index contributed by atoms with van der Waals surface area (Å²) in [6, 6.07) is 27.1. The highest BCUT2D eigenvalue weighted by molar-refractivity contribution is 7.40. The second kappa shape index (κ2) is 6.62. The van der Waals surface area contributed by atoms with Crippen LogP contribution < -0.4 is 5.44 Å². The molecule has 0 spiro atoms. The summed E-state index contributed by atoms with van der Waals surface area (Å²) >= 11 is 0. The molecule has 2 aromatic heterocycles. The summed E-state index contributed by atoms with van der Waals surface area (Å²) in [6.45, 7) is 0. The van der Waals surface area contributed by atoms with Gasteiger partial charge in [-0.15, -0.1) is 0 Å². The van der Waals surface area contributed by atoms with E-state index in [0.717, 1.165) is 33.3 Å². The number of rotatable bonds is 3. The van der Waals surface area contributed by atoms with Gasteiger partial charge in [0, 0.05) is 22.8 Å². The third kappa shape index (κ3) is 2.82. The standard InChI is InChI=1S/C23H17N2OP/c26-27-22-11-10-16-13-17(21-9-4-12-24-21)14-20(23(16)25-22)19-8-3-6-15-5-1-2-7-18(15)19/h1-14,24,26-27H. The Hall–Kier alpha value is -3.00. The molecule has 0 aliphatic rings. The fourth-order valence-electron chi connectivity index (χ4n) is 3.63. The summed E-state index contributed by atoms with van der Waals surface area (Å²) in [6.07, 6.45) is 1.94. The molecule has 0 aliphatic heterocycles. The number of nitrogens with zero attached hydrogens (tertiary/aromatic N) is 1. The molecule has 0 saturated carbocycles. The Morgan fingerprint density at radius 2 is 1.67 bits per heavy atom. The van der Waals surface area contributed by atoms with Gasteiger partial charge >= 0.3 is 0 Å². The lowest BCUT2D eigenvalue weighted by molar-refractivity contribution is 0.654. The van der Waals surface area contributed by atoms with Crippen LogP contribution in [0.1, 0.15) is 0 Å². The van der Waals surface area contributed by atoms with E-state index in [2.05, 4.69) is 65.6 Å². The predicted molar refractivity (Wildman–Crippen MR) is 115 cm³/mol. The minimum Gasteiger partial charge on any atom is -0.371 e. The minimum atomic E-state index is -0.314. The number of aromatic amines is 1. The third-order valence-corrected chi connectivity index (χ3v) is 5.40. The number of fused-ring (bicyclic) bond motifs is 2. The van der Waals surface area contributed by atoms with E-state index in [0.29, 0.717) is 5.44 Å². The first-order chi connectivity index (χ1) is 13.3. The summed E-state index contributed by atoms with van der Waals surface area (Å²) in [5, 5.41) is 3.46. The smallest absolute Gasteiger partial charge is 0.0880 e.